The van der Waals surface area contributed by atoms with Gasteiger partial charge in [0.1, 0.15) is 5.37 Å². The van der Waals surface area contributed by atoms with Gasteiger partial charge in [0.2, 0.25) is 5.91 Å². The fourth-order valence-electron chi connectivity index (χ4n) is 3.37. The van der Waals surface area contributed by atoms with Gasteiger partial charge in [0.25, 0.3) is 0 Å². The first kappa shape index (κ1) is 20.1. The monoisotopic (exact) mass is 373 g/mol. The van der Waals surface area contributed by atoms with Crippen molar-refractivity contribution in [2.24, 2.45) is 11.3 Å². The van der Waals surface area contributed by atoms with Crippen molar-refractivity contribution in [3.63, 3.8) is 0 Å². The zero-order chi connectivity index (χ0) is 18.8. The van der Waals surface area contributed by atoms with Crippen LogP contribution in [0.4, 0.5) is 13.2 Å². The van der Waals surface area contributed by atoms with Crippen LogP contribution in [0, 0.1) is 11.3 Å². The van der Waals surface area contributed by atoms with Gasteiger partial charge in [-0.15, -0.1) is 11.8 Å². The Hall–Kier alpha value is -1.17. The van der Waals surface area contributed by atoms with Gasteiger partial charge >= 0.3 is 6.18 Å². The van der Waals surface area contributed by atoms with E-state index < -0.39 is 11.7 Å². The van der Waals surface area contributed by atoms with Gasteiger partial charge in [-0.1, -0.05) is 39.8 Å². The summed E-state index contributed by atoms with van der Waals surface area (Å²) >= 11 is 1.61. The zero-order valence-corrected chi connectivity index (χ0v) is 16.0. The van der Waals surface area contributed by atoms with Crippen molar-refractivity contribution in [1.82, 2.24) is 4.90 Å². The van der Waals surface area contributed by atoms with Crippen LogP contribution in [0.2, 0.25) is 0 Å². The second-order valence-electron chi connectivity index (χ2n) is 8.00. The van der Waals surface area contributed by atoms with Crippen molar-refractivity contribution in [2.45, 2.75) is 52.1 Å². The number of benzene rings is 1. The largest absolute Gasteiger partial charge is 0.416 e. The molecule has 1 saturated heterocycles. The summed E-state index contributed by atoms with van der Waals surface area (Å²) in [7, 11) is 0. The molecule has 2 nitrogen and oxygen atoms in total. The highest BCUT2D eigenvalue weighted by Crippen LogP contribution is 2.40. The highest BCUT2D eigenvalue weighted by molar-refractivity contribution is 7.99. The molecule has 0 saturated carbocycles. The molecule has 0 N–H and O–H groups in total. The summed E-state index contributed by atoms with van der Waals surface area (Å²) in [6.45, 7) is 9.21. The predicted octanol–water partition coefficient (Wildman–Crippen LogP) is 5.74. The van der Waals surface area contributed by atoms with Crippen molar-refractivity contribution >= 4 is 17.7 Å². The summed E-state index contributed by atoms with van der Waals surface area (Å²) in [4.78, 5) is 14.5. The van der Waals surface area contributed by atoms with E-state index in [-0.39, 0.29) is 22.6 Å². The molecule has 6 heteroatoms. The van der Waals surface area contributed by atoms with E-state index in [1.165, 1.54) is 12.1 Å². The first-order chi connectivity index (χ1) is 11.5. The third kappa shape index (κ3) is 5.66. The minimum Gasteiger partial charge on any atom is -0.326 e. The summed E-state index contributed by atoms with van der Waals surface area (Å²) in [6, 6.07) is 5.17. The van der Waals surface area contributed by atoms with E-state index in [9.17, 15) is 18.0 Å². The van der Waals surface area contributed by atoms with E-state index in [4.69, 9.17) is 0 Å². The van der Waals surface area contributed by atoms with E-state index in [1.807, 2.05) is 4.90 Å². The normalized spacial score (nSPS) is 20.0. The second kappa shape index (κ2) is 7.60. The molecule has 1 aromatic rings. The lowest BCUT2D eigenvalue weighted by Gasteiger charge is -2.28. The summed E-state index contributed by atoms with van der Waals surface area (Å²) in [6.07, 6.45) is -2.89. The molecular formula is C19H26F3NOS. The molecule has 0 spiro atoms. The Kier molecular flexibility index (Phi) is 6.13. The van der Waals surface area contributed by atoms with Gasteiger partial charge in [-0.2, -0.15) is 13.2 Å². The number of nitrogens with zero attached hydrogens (tertiary/aromatic N) is 1. The highest BCUT2D eigenvalue weighted by Gasteiger charge is 2.33. The van der Waals surface area contributed by atoms with Gasteiger partial charge in [0.15, 0.2) is 0 Å². The van der Waals surface area contributed by atoms with Crippen LogP contribution < -0.4 is 0 Å². The minimum absolute atomic E-state index is 0.0895. The predicted molar refractivity (Wildman–Crippen MR) is 96.2 cm³/mol. The number of alkyl halides is 3. The van der Waals surface area contributed by atoms with Gasteiger partial charge < -0.3 is 4.90 Å². The molecule has 25 heavy (non-hydrogen) atoms. The number of amides is 1. The van der Waals surface area contributed by atoms with Crippen LogP contribution in [0.3, 0.4) is 0 Å². The van der Waals surface area contributed by atoms with Crippen LogP contribution in [0.5, 0.6) is 0 Å². The smallest absolute Gasteiger partial charge is 0.326 e. The molecule has 1 aromatic carbocycles. The Morgan fingerprint density at radius 1 is 1.24 bits per heavy atom. The lowest BCUT2D eigenvalue weighted by atomic mass is 9.84. The number of halogens is 3. The maximum absolute atomic E-state index is 12.7. The van der Waals surface area contributed by atoms with Crippen LogP contribution in [-0.2, 0) is 11.0 Å². The first-order valence-corrected chi connectivity index (χ1v) is 9.60. The molecule has 1 heterocycles. The van der Waals surface area contributed by atoms with Crippen molar-refractivity contribution in [3.8, 4) is 0 Å². The van der Waals surface area contributed by atoms with E-state index in [0.29, 0.717) is 13.0 Å². The van der Waals surface area contributed by atoms with Crippen molar-refractivity contribution in [2.75, 3.05) is 12.3 Å². The van der Waals surface area contributed by atoms with Gasteiger partial charge in [-0.05, 0) is 35.4 Å². The maximum Gasteiger partial charge on any atom is 0.416 e. The van der Waals surface area contributed by atoms with Crippen LogP contribution in [-0.4, -0.2) is 23.1 Å². The van der Waals surface area contributed by atoms with Crippen LogP contribution >= 0.6 is 11.8 Å². The molecule has 0 aliphatic carbocycles. The molecule has 1 aliphatic rings. The molecule has 0 aromatic heterocycles. The Labute approximate surface area is 152 Å². The fourth-order valence-corrected chi connectivity index (χ4v) is 4.65. The molecule has 2 rings (SSSR count). The maximum atomic E-state index is 12.7. The second-order valence-corrected chi connectivity index (χ2v) is 9.19. The van der Waals surface area contributed by atoms with Crippen LogP contribution in [0.1, 0.15) is 57.0 Å². The molecular weight excluding hydrogens is 347 g/mol. The average Bonchev–Trinajstić information content (AvgIpc) is 2.93. The van der Waals surface area contributed by atoms with Gasteiger partial charge in [0, 0.05) is 18.7 Å². The molecule has 1 aliphatic heterocycles. The molecule has 0 unspecified atom stereocenters. The quantitative estimate of drug-likeness (QED) is 0.670. The topological polar surface area (TPSA) is 20.3 Å². The highest BCUT2D eigenvalue weighted by atomic mass is 32.2. The molecule has 140 valence electrons. The molecule has 0 radical (unpaired) electrons. The van der Waals surface area contributed by atoms with E-state index in [1.54, 1.807) is 11.8 Å². The number of carbonyl (C=O) groups excluding carboxylic acids is 1. The number of hydrogen-bond donors (Lipinski definition) is 0. The fraction of sp³-hybridized carbons (Fsp3) is 0.632. The van der Waals surface area contributed by atoms with Gasteiger partial charge in [0.05, 0.1) is 5.56 Å². The number of hydrogen-bond acceptors (Lipinski definition) is 2. The average molecular weight is 373 g/mol. The van der Waals surface area contributed by atoms with E-state index >= 15 is 0 Å². The molecule has 1 amide bonds. The molecule has 0 bridgehead atoms. The Balaban J connectivity index is 2.05. The standard InChI is InChI=1S/C19H26F3NOS/c1-13(12-18(2,3)4)11-16(24)23-9-10-25-17(23)14-5-7-15(8-6-14)19(20,21)22/h5-8,13,17H,9-12H2,1-4H3/t13-,17-/m1/s1. The summed E-state index contributed by atoms with van der Waals surface area (Å²) in [5, 5.41) is -0.184. The third-order valence-corrected chi connectivity index (χ3v) is 5.48. The van der Waals surface area contributed by atoms with Crippen LogP contribution in [0.25, 0.3) is 0 Å². The first-order valence-electron chi connectivity index (χ1n) is 8.55. The van der Waals surface area contributed by atoms with Crippen LogP contribution in [0.15, 0.2) is 24.3 Å². The number of carbonyl (C=O) groups is 1. The summed E-state index contributed by atoms with van der Waals surface area (Å²) in [5.74, 6) is 1.18. The minimum atomic E-state index is -4.33. The third-order valence-electron chi connectivity index (χ3n) is 4.22. The Morgan fingerprint density at radius 3 is 2.36 bits per heavy atom. The SMILES string of the molecule is C[C@H](CC(=O)N1CCS[C@@H]1c1ccc(C(F)(F)F)cc1)CC(C)(C)C. The van der Waals surface area contributed by atoms with Crippen molar-refractivity contribution < 1.29 is 18.0 Å². The van der Waals surface area contributed by atoms with Crippen molar-refractivity contribution in [3.05, 3.63) is 35.4 Å². The van der Waals surface area contributed by atoms with Gasteiger partial charge in [-0.25, -0.2) is 0 Å². The number of thioether (sulfide) groups is 1. The van der Waals surface area contributed by atoms with Gasteiger partial charge in [-0.3, -0.25) is 4.79 Å². The Bertz CT molecular complexity index is 592. The molecule has 1 fully saturated rings. The van der Waals surface area contributed by atoms with Crippen molar-refractivity contribution in [1.29, 1.82) is 0 Å². The lowest BCUT2D eigenvalue weighted by molar-refractivity contribution is -0.137. The zero-order valence-electron chi connectivity index (χ0n) is 15.2. The Morgan fingerprint density at radius 2 is 1.84 bits per heavy atom. The lowest BCUT2D eigenvalue weighted by Crippen LogP contribution is -2.32. The van der Waals surface area contributed by atoms with E-state index in [0.717, 1.165) is 29.9 Å². The summed E-state index contributed by atoms with van der Waals surface area (Å²) < 4.78 is 38.1. The summed E-state index contributed by atoms with van der Waals surface area (Å²) in [5.41, 5.74) is 0.273. The van der Waals surface area contributed by atoms with E-state index in [2.05, 4.69) is 27.7 Å². The number of rotatable bonds is 4. The molecule has 2 atom stereocenters.